The van der Waals surface area contributed by atoms with Gasteiger partial charge in [-0.15, -0.1) is 0 Å². The summed E-state index contributed by atoms with van der Waals surface area (Å²) in [7, 11) is -3.98. The Kier molecular flexibility index (Phi) is 6.69. The van der Waals surface area contributed by atoms with Crippen LogP contribution < -0.4 is 10.0 Å². The number of anilines is 1. The molecule has 3 rings (SSSR count). The summed E-state index contributed by atoms with van der Waals surface area (Å²) in [6, 6.07) is 9.03. The zero-order valence-electron chi connectivity index (χ0n) is 16.9. The summed E-state index contributed by atoms with van der Waals surface area (Å²) in [6.45, 7) is 2.13. The van der Waals surface area contributed by atoms with Gasteiger partial charge in [0.05, 0.1) is 4.90 Å². The van der Waals surface area contributed by atoms with Gasteiger partial charge in [-0.3, -0.25) is 24.0 Å². The van der Waals surface area contributed by atoms with Gasteiger partial charge < -0.3 is 5.32 Å². The van der Waals surface area contributed by atoms with Crippen LogP contribution in [-0.4, -0.2) is 44.1 Å². The normalized spacial score (nSPS) is 14.1. The Bertz CT molecular complexity index is 1100. The van der Waals surface area contributed by atoms with Crippen molar-refractivity contribution in [3.05, 3.63) is 59.4 Å². The molecule has 164 valence electrons. The van der Waals surface area contributed by atoms with Crippen molar-refractivity contribution in [2.24, 2.45) is 0 Å². The monoisotopic (exact) mass is 447 g/mol. The number of hydrogen-bond donors (Lipinski definition) is 2. The second-order valence-electron chi connectivity index (χ2n) is 7.14. The third-order valence-electron chi connectivity index (χ3n) is 4.86. The number of halogens is 1. The number of amides is 3. The minimum Gasteiger partial charge on any atom is -0.352 e. The number of benzene rings is 2. The summed E-state index contributed by atoms with van der Waals surface area (Å²) >= 11 is 0. The SMILES string of the molecule is Cc1ccc(S(=O)(=O)Nc2ccc(F)cc2)cc1C(=O)NCCCN1C(=O)CCC1=O. The van der Waals surface area contributed by atoms with Gasteiger partial charge in [-0.2, -0.15) is 0 Å². The van der Waals surface area contributed by atoms with Crippen LogP contribution in [0.25, 0.3) is 0 Å². The number of rotatable bonds is 8. The highest BCUT2D eigenvalue weighted by molar-refractivity contribution is 7.92. The number of nitrogens with one attached hydrogen (secondary N) is 2. The Hall–Kier alpha value is -3.27. The van der Waals surface area contributed by atoms with Gasteiger partial charge in [0.2, 0.25) is 11.8 Å². The summed E-state index contributed by atoms with van der Waals surface area (Å²) < 4.78 is 40.6. The van der Waals surface area contributed by atoms with Crippen LogP contribution in [0, 0.1) is 12.7 Å². The molecular formula is C21H22FN3O5S. The molecule has 0 aromatic heterocycles. The van der Waals surface area contributed by atoms with E-state index in [0.717, 1.165) is 12.1 Å². The van der Waals surface area contributed by atoms with E-state index >= 15 is 0 Å². The number of hydrogen-bond acceptors (Lipinski definition) is 5. The van der Waals surface area contributed by atoms with Crippen LogP contribution in [0.2, 0.25) is 0 Å². The van der Waals surface area contributed by atoms with Crippen LogP contribution in [0.4, 0.5) is 10.1 Å². The molecule has 2 N–H and O–H groups in total. The van der Waals surface area contributed by atoms with Crippen molar-refractivity contribution in [1.82, 2.24) is 10.2 Å². The first-order chi connectivity index (χ1) is 14.7. The Balaban J connectivity index is 1.64. The molecular weight excluding hydrogens is 425 g/mol. The van der Waals surface area contributed by atoms with Gasteiger partial charge in [-0.1, -0.05) is 6.07 Å². The molecule has 31 heavy (non-hydrogen) atoms. The van der Waals surface area contributed by atoms with Crippen molar-refractivity contribution in [1.29, 1.82) is 0 Å². The van der Waals surface area contributed by atoms with Gasteiger partial charge in [0.15, 0.2) is 0 Å². The summed E-state index contributed by atoms with van der Waals surface area (Å²) in [5.41, 5.74) is 0.970. The fourth-order valence-corrected chi connectivity index (χ4v) is 4.24. The van der Waals surface area contributed by atoms with Crippen LogP contribution in [-0.2, 0) is 19.6 Å². The number of likely N-dealkylation sites (tertiary alicyclic amines) is 1. The summed E-state index contributed by atoms with van der Waals surface area (Å²) in [5.74, 6) is -1.37. The van der Waals surface area contributed by atoms with Crippen LogP contribution in [0.5, 0.6) is 0 Å². The van der Waals surface area contributed by atoms with Crippen LogP contribution in [0.1, 0.15) is 35.2 Å². The zero-order chi connectivity index (χ0) is 22.6. The Morgan fingerprint density at radius 1 is 1.06 bits per heavy atom. The van der Waals surface area contributed by atoms with E-state index in [0.29, 0.717) is 12.0 Å². The first-order valence-corrected chi connectivity index (χ1v) is 11.2. The molecule has 1 fully saturated rings. The minimum atomic E-state index is -3.98. The van der Waals surface area contributed by atoms with Gasteiger partial charge in [-0.05, 0) is 55.3 Å². The maximum absolute atomic E-state index is 13.0. The maximum atomic E-state index is 13.0. The predicted molar refractivity (Wildman–Crippen MR) is 111 cm³/mol. The third-order valence-corrected chi connectivity index (χ3v) is 6.24. The average molecular weight is 447 g/mol. The predicted octanol–water partition coefficient (Wildman–Crippen LogP) is 2.20. The van der Waals surface area contributed by atoms with Crippen LogP contribution in [0.15, 0.2) is 47.4 Å². The Morgan fingerprint density at radius 3 is 2.35 bits per heavy atom. The number of imide groups is 1. The molecule has 1 aliphatic rings. The van der Waals surface area contributed by atoms with E-state index in [9.17, 15) is 27.2 Å². The molecule has 3 amide bonds. The Morgan fingerprint density at radius 2 is 1.71 bits per heavy atom. The van der Waals surface area contributed by atoms with E-state index < -0.39 is 21.7 Å². The maximum Gasteiger partial charge on any atom is 0.261 e. The molecule has 0 saturated carbocycles. The van der Waals surface area contributed by atoms with Gasteiger partial charge in [-0.25, -0.2) is 12.8 Å². The number of aryl methyl sites for hydroxylation is 1. The standard InChI is InChI=1S/C21H22FN3O5S/c1-14-3-8-17(31(29,30)24-16-6-4-15(22)5-7-16)13-18(14)21(28)23-11-2-12-25-19(26)9-10-20(25)27/h3-8,13,24H,2,9-12H2,1H3,(H,23,28). The van der Waals surface area contributed by atoms with Crippen molar-refractivity contribution in [3.63, 3.8) is 0 Å². The molecule has 2 aromatic rings. The lowest BCUT2D eigenvalue weighted by Crippen LogP contribution is -2.33. The molecule has 0 radical (unpaired) electrons. The molecule has 10 heteroatoms. The molecule has 0 spiro atoms. The van der Waals surface area contributed by atoms with E-state index in [1.807, 2.05) is 0 Å². The lowest BCUT2D eigenvalue weighted by Gasteiger charge is -2.14. The van der Waals surface area contributed by atoms with E-state index in [1.54, 1.807) is 6.92 Å². The van der Waals surface area contributed by atoms with E-state index in [1.165, 1.54) is 35.2 Å². The van der Waals surface area contributed by atoms with Crippen molar-refractivity contribution in [2.75, 3.05) is 17.8 Å². The highest BCUT2D eigenvalue weighted by atomic mass is 32.2. The molecule has 0 unspecified atom stereocenters. The fraction of sp³-hybridized carbons (Fsp3) is 0.286. The number of nitrogens with zero attached hydrogens (tertiary/aromatic N) is 1. The Labute approximate surface area is 179 Å². The molecule has 2 aromatic carbocycles. The number of carbonyl (C=O) groups excluding carboxylic acids is 3. The zero-order valence-corrected chi connectivity index (χ0v) is 17.7. The molecule has 1 saturated heterocycles. The van der Waals surface area contributed by atoms with Crippen LogP contribution in [0.3, 0.4) is 0 Å². The summed E-state index contributed by atoms with van der Waals surface area (Å²) in [4.78, 5) is 36.8. The highest BCUT2D eigenvalue weighted by Crippen LogP contribution is 2.20. The van der Waals surface area contributed by atoms with Gasteiger partial charge >= 0.3 is 0 Å². The van der Waals surface area contributed by atoms with Gasteiger partial charge in [0.25, 0.3) is 15.9 Å². The average Bonchev–Trinajstić information content (AvgIpc) is 3.04. The number of carbonyl (C=O) groups is 3. The smallest absolute Gasteiger partial charge is 0.261 e. The summed E-state index contributed by atoms with van der Waals surface area (Å²) in [6.07, 6.45) is 0.835. The van der Waals surface area contributed by atoms with Crippen molar-refractivity contribution >= 4 is 33.4 Å². The minimum absolute atomic E-state index is 0.110. The third kappa shape index (κ3) is 5.46. The van der Waals surface area contributed by atoms with Crippen molar-refractivity contribution in [2.45, 2.75) is 31.1 Å². The highest BCUT2D eigenvalue weighted by Gasteiger charge is 2.28. The lowest BCUT2D eigenvalue weighted by atomic mass is 10.1. The quantitative estimate of drug-likeness (QED) is 0.476. The van der Waals surface area contributed by atoms with Gasteiger partial charge in [0.1, 0.15) is 5.82 Å². The topological polar surface area (TPSA) is 113 Å². The fourth-order valence-electron chi connectivity index (χ4n) is 3.15. The number of sulfonamides is 1. The van der Waals surface area contributed by atoms with Gasteiger partial charge in [0, 0.05) is 37.2 Å². The first-order valence-electron chi connectivity index (χ1n) is 9.68. The molecule has 1 aliphatic heterocycles. The largest absolute Gasteiger partial charge is 0.352 e. The molecule has 0 bridgehead atoms. The molecule has 0 aliphatic carbocycles. The lowest BCUT2D eigenvalue weighted by molar-refractivity contribution is -0.138. The first kappa shape index (κ1) is 22.4. The van der Waals surface area contributed by atoms with Crippen molar-refractivity contribution in [3.8, 4) is 0 Å². The molecule has 8 nitrogen and oxygen atoms in total. The van der Waals surface area contributed by atoms with Crippen LogP contribution >= 0.6 is 0 Å². The molecule has 0 atom stereocenters. The van der Waals surface area contributed by atoms with Crippen molar-refractivity contribution < 1.29 is 27.2 Å². The van der Waals surface area contributed by atoms with E-state index in [2.05, 4.69) is 10.0 Å². The second kappa shape index (κ2) is 9.25. The van der Waals surface area contributed by atoms with E-state index in [4.69, 9.17) is 0 Å². The summed E-state index contributed by atoms with van der Waals surface area (Å²) in [5, 5.41) is 2.68. The van der Waals surface area contributed by atoms with E-state index in [-0.39, 0.29) is 53.9 Å². The second-order valence-corrected chi connectivity index (χ2v) is 8.82. The molecule has 1 heterocycles.